The Morgan fingerprint density at radius 1 is 1.29 bits per heavy atom. The van der Waals surface area contributed by atoms with Crippen LogP contribution in [0.2, 0.25) is 0 Å². The Morgan fingerprint density at radius 2 is 1.88 bits per heavy atom. The van der Waals surface area contributed by atoms with Crippen molar-refractivity contribution in [2.24, 2.45) is 5.41 Å². The third-order valence-corrected chi connectivity index (χ3v) is 3.04. The summed E-state index contributed by atoms with van der Waals surface area (Å²) in [5.41, 5.74) is -0.805. The van der Waals surface area contributed by atoms with Crippen LogP contribution in [-0.4, -0.2) is 47.2 Å². The fourth-order valence-electron chi connectivity index (χ4n) is 1.30. The average Bonchev–Trinajstić information content (AvgIpc) is 2.37. The van der Waals surface area contributed by atoms with Gasteiger partial charge in [-0.3, -0.25) is 0 Å². The monoisotopic (exact) mass is 248 g/mol. The summed E-state index contributed by atoms with van der Waals surface area (Å²) >= 11 is 0. The third kappa shape index (κ3) is 5.48. The van der Waals surface area contributed by atoms with E-state index in [1.807, 2.05) is 6.92 Å². The fraction of sp³-hybridized carbons (Fsp3) is 0.917. The second-order valence-electron chi connectivity index (χ2n) is 4.44. The first kappa shape index (κ1) is 16.4. The van der Waals surface area contributed by atoms with E-state index in [1.165, 1.54) is 0 Å². The van der Waals surface area contributed by atoms with Gasteiger partial charge in [-0.2, -0.15) is 0 Å². The van der Waals surface area contributed by atoms with E-state index in [2.05, 4.69) is 0 Å². The lowest BCUT2D eigenvalue weighted by atomic mass is 9.88. The molecule has 0 aliphatic heterocycles. The van der Waals surface area contributed by atoms with E-state index in [1.54, 1.807) is 6.92 Å². The summed E-state index contributed by atoms with van der Waals surface area (Å²) in [7, 11) is 0. The highest BCUT2D eigenvalue weighted by Crippen LogP contribution is 2.21. The first-order valence-corrected chi connectivity index (χ1v) is 6.11. The van der Waals surface area contributed by atoms with Crippen LogP contribution in [0.3, 0.4) is 0 Å². The highest BCUT2D eigenvalue weighted by molar-refractivity contribution is 5.74. The molecule has 0 saturated carbocycles. The first-order valence-electron chi connectivity index (χ1n) is 6.11. The van der Waals surface area contributed by atoms with E-state index >= 15 is 0 Å². The van der Waals surface area contributed by atoms with Crippen molar-refractivity contribution in [1.29, 1.82) is 0 Å². The molecule has 0 aromatic carbocycles. The largest absolute Gasteiger partial charge is 0.463 e. The van der Waals surface area contributed by atoms with Crippen molar-refractivity contribution in [2.75, 3.05) is 19.8 Å². The molecule has 0 spiro atoms. The van der Waals surface area contributed by atoms with Gasteiger partial charge in [0.25, 0.3) is 0 Å². The maximum Gasteiger partial charge on any atom is 0.334 e. The summed E-state index contributed by atoms with van der Waals surface area (Å²) in [6.45, 7) is 3.20. The van der Waals surface area contributed by atoms with E-state index in [4.69, 9.17) is 14.9 Å². The minimum atomic E-state index is -1.11. The molecule has 5 nitrogen and oxygen atoms in total. The van der Waals surface area contributed by atoms with Crippen LogP contribution in [0.5, 0.6) is 0 Å². The molecule has 0 aliphatic carbocycles. The van der Waals surface area contributed by atoms with Crippen LogP contribution in [0.25, 0.3) is 0 Å². The number of esters is 1. The van der Waals surface area contributed by atoms with Crippen LogP contribution < -0.4 is 0 Å². The number of hydrogen-bond acceptors (Lipinski definition) is 5. The quantitative estimate of drug-likeness (QED) is 0.516. The van der Waals surface area contributed by atoms with E-state index in [0.29, 0.717) is 12.8 Å². The third-order valence-electron chi connectivity index (χ3n) is 3.04. The summed E-state index contributed by atoms with van der Waals surface area (Å²) in [6, 6.07) is 0. The molecule has 5 heteroatoms. The standard InChI is InChI=1S/C12H24O5/c1-3-5-6-10(15)11(16)17-9-12(4-2,7-13)8-14/h10,13-15H,3-9H2,1-2H3. The minimum absolute atomic E-state index is 0.0709. The number of aliphatic hydroxyl groups excluding tert-OH is 3. The second kappa shape index (κ2) is 8.44. The van der Waals surface area contributed by atoms with Gasteiger partial charge in [0, 0.05) is 0 Å². The number of hydrogen-bond donors (Lipinski definition) is 3. The summed E-state index contributed by atoms with van der Waals surface area (Å²) in [4.78, 5) is 11.4. The zero-order valence-electron chi connectivity index (χ0n) is 10.7. The Morgan fingerprint density at radius 3 is 2.29 bits per heavy atom. The fourth-order valence-corrected chi connectivity index (χ4v) is 1.30. The molecule has 0 aromatic heterocycles. The SMILES string of the molecule is CCCCC(O)C(=O)OCC(CC)(CO)CO. The van der Waals surface area contributed by atoms with Gasteiger partial charge in [-0.25, -0.2) is 4.79 Å². The Kier molecular flexibility index (Phi) is 8.12. The lowest BCUT2D eigenvalue weighted by Crippen LogP contribution is -2.37. The molecule has 0 radical (unpaired) electrons. The smallest absolute Gasteiger partial charge is 0.334 e. The van der Waals surface area contributed by atoms with Crippen molar-refractivity contribution in [2.45, 2.75) is 45.6 Å². The van der Waals surface area contributed by atoms with E-state index < -0.39 is 17.5 Å². The van der Waals surface area contributed by atoms with Gasteiger partial charge in [0.15, 0.2) is 6.10 Å². The van der Waals surface area contributed by atoms with Gasteiger partial charge in [0.1, 0.15) is 6.61 Å². The van der Waals surface area contributed by atoms with Crippen LogP contribution >= 0.6 is 0 Å². The normalized spacial score (nSPS) is 13.5. The summed E-state index contributed by atoms with van der Waals surface area (Å²) in [6.07, 6.45) is 1.43. The summed E-state index contributed by atoms with van der Waals surface area (Å²) in [5.74, 6) is -0.682. The second-order valence-corrected chi connectivity index (χ2v) is 4.44. The minimum Gasteiger partial charge on any atom is -0.463 e. The maximum atomic E-state index is 11.4. The molecule has 1 atom stereocenters. The number of rotatable bonds is 9. The highest BCUT2D eigenvalue weighted by Gasteiger charge is 2.29. The average molecular weight is 248 g/mol. The summed E-state index contributed by atoms with van der Waals surface area (Å²) < 4.78 is 4.93. The van der Waals surface area contributed by atoms with Crippen LogP contribution in [-0.2, 0) is 9.53 Å². The molecule has 3 N–H and O–H groups in total. The van der Waals surface area contributed by atoms with Crippen molar-refractivity contribution in [3.05, 3.63) is 0 Å². The lowest BCUT2D eigenvalue weighted by molar-refractivity contribution is -0.160. The Bertz CT molecular complexity index is 205. The topological polar surface area (TPSA) is 87.0 Å². The maximum absolute atomic E-state index is 11.4. The van der Waals surface area contributed by atoms with Gasteiger partial charge in [0.2, 0.25) is 0 Å². The lowest BCUT2D eigenvalue weighted by Gasteiger charge is -2.27. The van der Waals surface area contributed by atoms with E-state index in [-0.39, 0.29) is 19.8 Å². The van der Waals surface area contributed by atoms with Gasteiger partial charge < -0.3 is 20.1 Å². The zero-order valence-corrected chi connectivity index (χ0v) is 10.7. The highest BCUT2D eigenvalue weighted by atomic mass is 16.5. The molecular weight excluding hydrogens is 224 g/mol. The Labute approximate surface area is 102 Å². The number of carbonyl (C=O) groups is 1. The zero-order chi connectivity index (χ0) is 13.3. The number of ether oxygens (including phenoxy) is 1. The van der Waals surface area contributed by atoms with E-state index in [0.717, 1.165) is 12.8 Å². The van der Waals surface area contributed by atoms with Crippen LogP contribution in [0, 0.1) is 5.41 Å². The molecule has 0 aromatic rings. The number of aliphatic hydroxyl groups is 3. The first-order chi connectivity index (χ1) is 8.05. The van der Waals surface area contributed by atoms with Gasteiger partial charge in [0.05, 0.1) is 18.6 Å². The van der Waals surface area contributed by atoms with Gasteiger partial charge in [-0.05, 0) is 12.8 Å². The van der Waals surface area contributed by atoms with Crippen molar-refractivity contribution >= 4 is 5.97 Å². The molecule has 1 unspecified atom stereocenters. The van der Waals surface area contributed by atoms with Crippen LogP contribution in [0.15, 0.2) is 0 Å². The molecule has 0 fully saturated rings. The van der Waals surface area contributed by atoms with Gasteiger partial charge in [-0.1, -0.05) is 26.7 Å². The predicted octanol–water partition coefficient (Wildman–Crippen LogP) is 0.462. The molecular formula is C12H24O5. The number of unbranched alkanes of at least 4 members (excludes halogenated alkanes) is 1. The van der Waals surface area contributed by atoms with Crippen molar-refractivity contribution in [3.8, 4) is 0 Å². The van der Waals surface area contributed by atoms with Crippen molar-refractivity contribution in [1.82, 2.24) is 0 Å². The molecule has 0 heterocycles. The molecule has 0 rings (SSSR count). The van der Waals surface area contributed by atoms with Gasteiger partial charge in [-0.15, -0.1) is 0 Å². The Hall–Kier alpha value is -0.650. The number of carbonyl (C=O) groups excluding carboxylic acids is 1. The predicted molar refractivity (Wildman–Crippen MR) is 63.4 cm³/mol. The van der Waals surface area contributed by atoms with Crippen molar-refractivity contribution < 1.29 is 24.9 Å². The van der Waals surface area contributed by atoms with Crippen molar-refractivity contribution in [3.63, 3.8) is 0 Å². The summed E-state index contributed by atoms with van der Waals surface area (Å²) in [5, 5.41) is 27.8. The van der Waals surface area contributed by atoms with E-state index in [9.17, 15) is 9.90 Å². The van der Waals surface area contributed by atoms with Crippen LogP contribution in [0.1, 0.15) is 39.5 Å². The molecule has 0 amide bonds. The molecule has 0 aliphatic rings. The van der Waals surface area contributed by atoms with Crippen LogP contribution in [0.4, 0.5) is 0 Å². The Balaban J connectivity index is 4.12. The molecule has 0 saturated heterocycles. The molecule has 17 heavy (non-hydrogen) atoms. The molecule has 0 bridgehead atoms. The van der Waals surface area contributed by atoms with Gasteiger partial charge >= 0.3 is 5.97 Å². The molecule has 102 valence electrons.